The maximum Gasteiger partial charge on any atom is 0.409 e. The van der Waals surface area contributed by atoms with E-state index >= 15 is 0 Å². The van der Waals surface area contributed by atoms with E-state index in [0.29, 0.717) is 0 Å². The number of nitrogens with zero attached hydrogens (tertiary/aromatic N) is 1. The summed E-state index contributed by atoms with van der Waals surface area (Å²) in [6.07, 6.45) is -1.41. The van der Waals surface area contributed by atoms with Crippen LogP contribution in [0.2, 0.25) is 0 Å². The Morgan fingerprint density at radius 3 is 2.35 bits per heavy atom. The minimum atomic E-state index is -1.41. The maximum atomic E-state index is 14.8. The lowest BCUT2D eigenvalue weighted by atomic mass is 9.85. The third-order valence-electron chi connectivity index (χ3n) is 3.47. The highest BCUT2D eigenvalue weighted by Crippen LogP contribution is 2.41. The first-order valence-electron chi connectivity index (χ1n) is 7.49. The molecule has 0 spiro atoms. The van der Waals surface area contributed by atoms with Gasteiger partial charge in [-0.05, 0) is 23.6 Å². The molecule has 0 fully saturated rings. The number of nitro benzene ring substituents is 1. The number of carboxylic acid groups (broad SMARTS) is 1. The molecule has 2 aromatic carbocycles. The number of amides is 1. The van der Waals surface area contributed by atoms with E-state index in [2.05, 4.69) is 0 Å². The number of benzene rings is 2. The van der Waals surface area contributed by atoms with Gasteiger partial charge in [0.05, 0.1) is 16.7 Å². The minimum Gasteiger partial charge on any atom is -0.504 e. The first-order chi connectivity index (χ1) is 12.0. The van der Waals surface area contributed by atoms with Gasteiger partial charge in [0, 0.05) is 11.6 Å². The number of nitrogens with one attached hydrogen (secondary N) is 1. The Kier molecular flexibility index (Phi) is 5.01. The third kappa shape index (κ3) is 4.00. The average Bonchev–Trinajstić information content (AvgIpc) is 2.50. The molecule has 0 unspecified atom stereocenters. The van der Waals surface area contributed by atoms with Crippen molar-refractivity contribution in [3.05, 3.63) is 51.8 Å². The van der Waals surface area contributed by atoms with E-state index in [-0.39, 0.29) is 28.4 Å². The predicted octanol–water partition coefficient (Wildman–Crippen LogP) is 4.62. The second-order valence-corrected chi connectivity index (χ2v) is 6.49. The Bertz CT molecular complexity index is 876. The van der Waals surface area contributed by atoms with E-state index < -0.39 is 28.0 Å². The van der Waals surface area contributed by atoms with E-state index in [9.17, 15) is 24.4 Å². The Balaban J connectivity index is 2.51. The molecule has 26 heavy (non-hydrogen) atoms. The number of anilines is 1. The van der Waals surface area contributed by atoms with Crippen molar-refractivity contribution >= 4 is 17.5 Å². The standard InChI is InChI=1S/C17H17FN2O6/c1-17(2,3)14-13(7-5-10(15(14)18)19-16(22)23)26-12-6-4-9(20(24)25)8-11(12)21/h4-8,19,21H,1-3H3,(H,22,23). The van der Waals surface area contributed by atoms with Crippen molar-refractivity contribution in [3.63, 3.8) is 0 Å². The lowest BCUT2D eigenvalue weighted by molar-refractivity contribution is -0.385. The first-order valence-corrected chi connectivity index (χ1v) is 7.49. The molecular formula is C17H17FN2O6. The summed E-state index contributed by atoms with van der Waals surface area (Å²) in [7, 11) is 0. The summed E-state index contributed by atoms with van der Waals surface area (Å²) in [5, 5.41) is 31.4. The highest BCUT2D eigenvalue weighted by atomic mass is 19.1. The minimum absolute atomic E-state index is 0.0510. The van der Waals surface area contributed by atoms with Crippen molar-refractivity contribution in [1.82, 2.24) is 0 Å². The summed E-state index contributed by atoms with van der Waals surface area (Å²) in [4.78, 5) is 20.8. The number of hydrogen-bond donors (Lipinski definition) is 3. The zero-order chi connectivity index (χ0) is 19.6. The van der Waals surface area contributed by atoms with Crippen molar-refractivity contribution in [2.45, 2.75) is 26.2 Å². The van der Waals surface area contributed by atoms with Crippen LogP contribution in [-0.4, -0.2) is 21.2 Å². The molecule has 8 nitrogen and oxygen atoms in total. The fraction of sp³-hybridized carbons (Fsp3) is 0.235. The second-order valence-electron chi connectivity index (χ2n) is 6.49. The Hall–Kier alpha value is -3.36. The van der Waals surface area contributed by atoms with Gasteiger partial charge in [0.1, 0.15) is 5.75 Å². The average molecular weight is 364 g/mol. The number of phenolic OH excluding ortho intramolecular Hbond substituents is 1. The lowest BCUT2D eigenvalue weighted by Crippen LogP contribution is -2.18. The molecule has 0 aliphatic rings. The van der Waals surface area contributed by atoms with Crippen molar-refractivity contribution in [1.29, 1.82) is 0 Å². The van der Waals surface area contributed by atoms with Crippen LogP contribution < -0.4 is 10.1 Å². The number of non-ortho nitro benzene ring substituents is 1. The van der Waals surface area contributed by atoms with Crippen molar-refractivity contribution in [3.8, 4) is 17.2 Å². The molecule has 0 bridgehead atoms. The molecular weight excluding hydrogens is 347 g/mol. The van der Waals surface area contributed by atoms with Gasteiger partial charge in [-0.25, -0.2) is 9.18 Å². The van der Waals surface area contributed by atoms with Crippen LogP contribution in [-0.2, 0) is 5.41 Å². The van der Waals surface area contributed by atoms with Gasteiger partial charge in [0.15, 0.2) is 17.3 Å². The van der Waals surface area contributed by atoms with E-state index in [1.165, 1.54) is 18.2 Å². The smallest absolute Gasteiger partial charge is 0.409 e. The van der Waals surface area contributed by atoms with Crippen molar-refractivity contribution in [2.24, 2.45) is 0 Å². The van der Waals surface area contributed by atoms with Crippen LogP contribution >= 0.6 is 0 Å². The molecule has 0 radical (unpaired) electrons. The molecule has 1 amide bonds. The Labute approximate surface area is 148 Å². The third-order valence-corrected chi connectivity index (χ3v) is 3.47. The Morgan fingerprint density at radius 1 is 1.23 bits per heavy atom. The second kappa shape index (κ2) is 6.87. The molecule has 0 aromatic heterocycles. The van der Waals surface area contributed by atoms with Crippen LogP contribution in [0.4, 0.5) is 20.6 Å². The van der Waals surface area contributed by atoms with E-state index in [4.69, 9.17) is 9.84 Å². The molecule has 2 aromatic rings. The van der Waals surface area contributed by atoms with Crippen LogP contribution in [0.5, 0.6) is 17.2 Å². The molecule has 0 atom stereocenters. The zero-order valence-corrected chi connectivity index (χ0v) is 14.2. The highest BCUT2D eigenvalue weighted by molar-refractivity contribution is 5.83. The van der Waals surface area contributed by atoms with Gasteiger partial charge in [-0.15, -0.1) is 0 Å². The number of nitro groups is 1. The number of ether oxygens (including phenoxy) is 1. The van der Waals surface area contributed by atoms with Gasteiger partial charge in [-0.3, -0.25) is 15.4 Å². The normalized spacial score (nSPS) is 11.1. The maximum absolute atomic E-state index is 14.8. The summed E-state index contributed by atoms with van der Waals surface area (Å²) in [5.41, 5.74) is -1.23. The van der Waals surface area contributed by atoms with E-state index in [1.54, 1.807) is 20.8 Å². The van der Waals surface area contributed by atoms with Gasteiger partial charge >= 0.3 is 6.09 Å². The largest absolute Gasteiger partial charge is 0.504 e. The van der Waals surface area contributed by atoms with Crippen LogP contribution in [0.25, 0.3) is 0 Å². The summed E-state index contributed by atoms with van der Waals surface area (Å²) < 4.78 is 20.4. The number of hydrogen-bond acceptors (Lipinski definition) is 5. The number of halogens is 1. The monoisotopic (exact) mass is 364 g/mol. The van der Waals surface area contributed by atoms with E-state index in [1.807, 2.05) is 5.32 Å². The van der Waals surface area contributed by atoms with Gasteiger partial charge in [0.2, 0.25) is 0 Å². The van der Waals surface area contributed by atoms with Crippen molar-refractivity contribution < 1.29 is 29.1 Å². The molecule has 138 valence electrons. The molecule has 0 aliphatic heterocycles. The summed E-state index contributed by atoms with van der Waals surface area (Å²) in [6, 6.07) is 5.80. The van der Waals surface area contributed by atoms with Crippen LogP contribution in [0, 0.1) is 15.9 Å². The fourth-order valence-corrected chi connectivity index (χ4v) is 2.38. The molecule has 3 N–H and O–H groups in total. The van der Waals surface area contributed by atoms with Gasteiger partial charge < -0.3 is 14.9 Å². The number of rotatable bonds is 4. The Morgan fingerprint density at radius 2 is 1.85 bits per heavy atom. The molecule has 0 saturated carbocycles. The summed E-state index contributed by atoms with van der Waals surface area (Å²) >= 11 is 0. The highest BCUT2D eigenvalue weighted by Gasteiger charge is 2.27. The van der Waals surface area contributed by atoms with Gasteiger partial charge in [-0.1, -0.05) is 20.8 Å². The summed E-state index contributed by atoms with van der Waals surface area (Å²) in [6.45, 7) is 5.12. The van der Waals surface area contributed by atoms with Crippen LogP contribution in [0.3, 0.4) is 0 Å². The van der Waals surface area contributed by atoms with E-state index in [0.717, 1.165) is 12.1 Å². The summed E-state index contributed by atoms with van der Waals surface area (Å²) in [5.74, 6) is -1.33. The fourth-order valence-electron chi connectivity index (χ4n) is 2.38. The lowest BCUT2D eigenvalue weighted by Gasteiger charge is -2.24. The topological polar surface area (TPSA) is 122 Å². The molecule has 2 rings (SSSR count). The molecule has 9 heteroatoms. The SMILES string of the molecule is CC(C)(C)c1c(Oc2ccc([N+](=O)[O-])cc2O)ccc(NC(=O)O)c1F. The number of aromatic hydroxyl groups is 1. The number of carbonyl (C=O) groups is 1. The van der Waals surface area contributed by atoms with Gasteiger partial charge in [-0.2, -0.15) is 0 Å². The molecule has 0 saturated heterocycles. The molecule has 0 aliphatic carbocycles. The first kappa shape index (κ1) is 19.0. The molecule has 0 heterocycles. The zero-order valence-electron chi connectivity index (χ0n) is 14.2. The predicted molar refractivity (Wildman–Crippen MR) is 91.6 cm³/mol. The quantitative estimate of drug-likeness (QED) is 0.537. The van der Waals surface area contributed by atoms with Crippen molar-refractivity contribution in [2.75, 3.05) is 5.32 Å². The van der Waals surface area contributed by atoms with Crippen LogP contribution in [0.15, 0.2) is 30.3 Å². The number of phenols is 1. The van der Waals surface area contributed by atoms with Gasteiger partial charge in [0.25, 0.3) is 5.69 Å². The van der Waals surface area contributed by atoms with Crippen LogP contribution in [0.1, 0.15) is 26.3 Å².